The highest BCUT2D eigenvalue weighted by molar-refractivity contribution is 8.00. The van der Waals surface area contributed by atoms with E-state index in [1.807, 2.05) is 25.1 Å². The largest absolute Gasteiger partial charge is 0.355 e. The Morgan fingerprint density at radius 2 is 1.84 bits per heavy atom. The zero-order valence-corrected chi connectivity index (χ0v) is 16.0. The molecule has 0 heterocycles. The highest BCUT2D eigenvalue weighted by Crippen LogP contribution is 2.29. The summed E-state index contributed by atoms with van der Waals surface area (Å²) in [5, 5.41) is 8.28. The summed E-state index contributed by atoms with van der Waals surface area (Å²) in [5.74, 6) is -0.0777. The fraction of sp³-hybridized carbons (Fsp3) is 0.235. The van der Waals surface area contributed by atoms with Crippen LogP contribution in [-0.2, 0) is 21.2 Å². The molecular weight excluding hydrogens is 380 g/mol. The molecule has 0 bridgehead atoms. The van der Waals surface area contributed by atoms with Crippen molar-refractivity contribution in [3.8, 4) is 0 Å². The quantitative estimate of drug-likeness (QED) is 0.702. The van der Waals surface area contributed by atoms with Gasteiger partial charge in [-0.05, 0) is 43.2 Å². The van der Waals surface area contributed by atoms with Crippen LogP contribution in [0, 0.1) is 0 Å². The van der Waals surface area contributed by atoms with Crippen LogP contribution >= 0.6 is 23.4 Å². The maximum atomic E-state index is 12.2. The Hall–Kier alpha value is -1.54. The van der Waals surface area contributed by atoms with Gasteiger partial charge >= 0.3 is 0 Å². The highest BCUT2D eigenvalue weighted by atomic mass is 35.5. The van der Waals surface area contributed by atoms with E-state index in [9.17, 15) is 13.2 Å². The van der Waals surface area contributed by atoms with Crippen LogP contribution in [0.5, 0.6) is 0 Å². The van der Waals surface area contributed by atoms with E-state index in [4.69, 9.17) is 16.7 Å². The summed E-state index contributed by atoms with van der Waals surface area (Å²) in [4.78, 5) is 13.1. The summed E-state index contributed by atoms with van der Waals surface area (Å²) in [6.45, 7) is 2.28. The van der Waals surface area contributed by atoms with Crippen molar-refractivity contribution in [3.05, 3.63) is 59.1 Å². The molecule has 8 heteroatoms. The molecule has 0 aromatic heterocycles. The van der Waals surface area contributed by atoms with Gasteiger partial charge in [-0.15, -0.1) is 11.8 Å². The first kappa shape index (κ1) is 19.8. The molecule has 0 fully saturated rings. The highest BCUT2D eigenvalue weighted by Gasteiger charge is 2.15. The monoisotopic (exact) mass is 398 g/mol. The van der Waals surface area contributed by atoms with Gasteiger partial charge in [-0.3, -0.25) is 4.79 Å². The van der Waals surface area contributed by atoms with Gasteiger partial charge in [0.15, 0.2) is 0 Å². The predicted molar refractivity (Wildman–Crippen MR) is 101 cm³/mol. The third kappa shape index (κ3) is 6.04. The topological polar surface area (TPSA) is 89.3 Å². The van der Waals surface area contributed by atoms with E-state index in [-0.39, 0.29) is 16.1 Å². The van der Waals surface area contributed by atoms with Gasteiger partial charge in [0.05, 0.1) is 15.2 Å². The number of carbonyl (C=O) groups excluding carboxylic acids is 1. The van der Waals surface area contributed by atoms with E-state index in [1.54, 1.807) is 18.2 Å². The molecule has 0 saturated carbocycles. The SMILES string of the molecule is CC(Sc1ccccc1Cl)C(=O)NCCc1ccc(S(N)(=O)=O)cc1. The van der Waals surface area contributed by atoms with Crippen LogP contribution in [0.25, 0.3) is 0 Å². The first-order valence-corrected chi connectivity index (χ1v) is 10.4. The van der Waals surface area contributed by atoms with Crippen LogP contribution in [0.3, 0.4) is 0 Å². The number of sulfonamides is 1. The number of amides is 1. The number of hydrogen-bond donors (Lipinski definition) is 2. The minimum Gasteiger partial charge on any atom is -0.355 e. The fourth-order valence-electron chi connectivity index (χ4n) is 2.10. The molecule has 0 aliphatic carbocycles. The Kier molecular flexibility index (Phi) is 6.89. The lowest BCUT2D eigenvalue weighted by Gasteiger charge is -2.13. The van der Waals surface area contributed by atoms with Crippen molar-refractivity contribution >= 4 is 39.3 Å². The Morgan fingerprint density at radius 1 is 1.20 bits per heavy atom. The predicted octanol–water partition coefficient (Wildman–Crippen LogP) is 2.83. The minimum atomic E-state index is -3.68. The Bertz CT molecular complexity index is 839. The lowest BCUT2D eigenvalue weighted by atomic mass is 10.1. The summed E-state index contributed by atoms with van der Waals surface area (Å²) in [5.41, 5.74) is 0.916. The maximum absolute atomic E-state index is 12.2. The number of rotatable bonds is 7. The van der Waals surface area contributed by atoms with Crippen molar-refractivity contribution in [2.75, 3.05) is 6.54 Å². The van der Waals surface area contributed by atoms with Crippen molar-refractivity contribution in [1.29, 1.82) is 0 Å². The molecule has 0 aliphatic rings. The maximum Gasteiger partial charge on any atom is 0.238 e. The van der Waals surface area contributed by atoms with Crippen LogP contribution in [0.1, 0.15) is 12.5 Å². The van der Waals surface area contributed by atoms with E-state index in [0.29, 0.717) is 18.0 Å². The van der Waals surface area contributed by atoms with Gasteiger partial charge in [0.2, 0.25) is 15.9 Å². The molecule has 0 spiro atoms. The normalized spacial score (nSPS) is 12.6. The summed E-state index contributed by atoms with van der Waals surface area (Å²) < 4.78 is 22.4. The number of hydrogen-bond acceptors (Lipinski definition) is 4. The molecule has 3 N–H and O–H groups in total. The van der Waals surface area contributed by atoms with Gasteiger partial charge < -0.3 is 5.32 Å². The van der Waals surface area contributed by atoms with E-state index in [2.05, 4.69) is 5.32 Å². The lowest BCUT2D eigenvalue weighted by Crippen LogP contribution is -2.32. The molecule has 1 amide bonds. The molecular formula is C17H19ClN2O3S2. The van der Waals surface area contributed by atoms with Crippen LogP contribution in [0.15, 0.2) is 58.3 Å². The number of nitrogens with two attached hydrogens (primary N) is 1. The number of primary sulfonamides is 1. The zero-order valence-electron chi connectivity index (χ0n) is 13.6. The molecule has 2 aromatic carbocycles. The molecule has 0 aliphatic heterocycles. The molecule has 5 nitrogen and oxygen atoms in total. The third-order valence-electron chi connectivity index (χ3n) is 3.47. The van der Waals surface area contributed by atoms with Crippen molar-refractivity contribution in [2.24, 2.45) is 5.14 Å². The van der Waals surface area contributed by atoms with Gasteiger partial charge in [0, 0.05) is 11.4 Å². The average molecular weight is 399 g/mol. The smallest absolute Gasteiger partial charge is 0.238 e. The second-order valence-electron chi connectivity index (χ2n) is 5.42. The molecule has 2 rings (SSSR count). The summed E-state index contributed by atoms with van der Waals surface area (Å²) in [6.07, 6.45) is 0.597. The molecule has 134 valence electrons. The summed E-state index contributed by atoms with van der Waals surface area (Å²) in [7, 11) is -3.68. The van der Waals surface area contributed by atoms with Crippen LogP contribution in [-0.4, -0.2) is 26.1 Å². The fourth-order valence-corrected chi connectivity index (χ4v) is 3.80. The average Bonchev–Trinajstić information content (AvgIpc) is 2.56. The Labute approximate surface area is 157 Å². The molecule has 2 aromatic rings. The molecule has 1 unspecified atom stereocenters. The summed E-state index contributed by atoms with van der Waals surface area (Å²) in [6, 6.07) is 13.7. The van der Waals surface area contributed by atoms with E-state index in [1.165, 1.54) is 23.9 Å². The third-order valence-corrected chi connectivity index (χ3v) is 6.02. The van der Waals surface area contributed by atoms with Crippen LogP contribution < -0.4 is 10.5 Å². The van der Waals surface area contributed by atoms with E-state index < -0.39 is 10.0 Å². The van der Waals surface area contributed by atoms with E-state index >= 15 is 0 Å². The Morgan fingerprint density at radius 3 is 2.44 bits per heavy atom. The van der Waals surface area contributed by atoms with Crippen molar-refractivity contribution in [3.63, 3.8) is 0 Å². The van der Waals surface area contributed by atoms with Gasteiger partial charge in [0.1, 0.15) is 0 Å². The first-order chi connectivity index (χ1) is 11.8. The van der Waals surface area contributed by atoms with Crippen molar-refractivity contribution < 1.29 is 13.2 Å². The lowest BCUT2D eigenvalue weighted by molar-refractivity contribution is -0.120. The van der Waals surface area contributed by atoms with Gasteiger partial charge in [-0.25, -0.2) is 13.6 Å². The van der Waals surface area contributed by atoms with Crippen molar-refractivity contribution in [1.82, 2.24) is 5.32 Å². The zero-order chi connectivity index (χ0) is 18.4. The van der Waals surface area contributed by atoms with Crippen molar-refractivity contribution in [2.45, 2.75) is 28.4 Å². The second kappa shape index (κ2) is 8.71. The van der Waals surface area contributed by atoms with Crippen LogP contribution in [0.4, 0.5) is 0 Å². The Balaban J connectivity index is 1.83. The number of benzene rings is 2. The standard InChI is InChI=1S/C17H19ClN2O3S2/c1-12(24-16-5-3-2-4-15(16)18)17(21)20-11-10-13-6-8-14(9-7-13)25(19,22)23/h2-9,12H,10-11H2,1H3,(H,20,21)(H2,19,22,23). The van der Waals surface area contributed by atoms with Crippen LogP contribution in [0.2, 0.25) is 5.02 Å². The minimum absolute atomic E-state index is 0.0741. The summed E-state index contributed by atoms with van der Waals surface area (Å²) >= 11 is 7.50. The number of halogens is 1. The molecule has 0 radical (unpaired) electrons. The molecule has 25 heavy (non-hydrogen) atoms. The first-order valence-electron chi connectivity index (χ1n) is 7.58. The van der Waals surface area contributed by atoms with Gasteiger partial charge in [-0.2, -0.15) is 0 Å². The van der Waals surface area contributed by atoms with Gasteiger partial charge in [0.25, 0.3) is 0 Å². The number of thioether (sulfide) groups is 1. The van der Waals surface area contributed by atoms with E-state index in [0.717, 1.165) is 10.5 Å². The molecule has 0 saturated heterocycles. The second-order valence-corrected chi connectivity index (χ2v) is 8.77. The number of carbonyl (C=O) groups is 1. The van der Waals surface area contributed by atoms with Gasteiger partial charge in [-0.1, -0.05) is 35.9 Å². The number of nitrogens with one attached hydrogen (secondary N) is 1. The molecule has 1 atom stereocenters.